The van der Waals surface area contributed by atoms with E-state index in [1.165, 1.54) is 0 Å². The molecule has 0 spiro atoms. The van der Waals surface area contributed by atoms with E-state index in [1.807, 2.05) is 24.4 Å². The molecule has 0 amide bonds. The molecular weight excluding hydrogens is 202 g/mol. The smallest absolute Gasteiger partial charge is 0.303 e. The summed E-state index contributed by atoms with van der Waals surface area (Å²) < 4.78 is 0. The van der Waals surface area contributed by atoms with Gasteiger partial charge in [-0.05, 0) is 23.6 Å². The Morgan fingerprint density at radius 1 is 1.50 bits per heavy atom. The number of benzene rings is 1. The summed E-state index contributed by atoms with van der Waals surface area (Å²) in [6.07, 6.45) is 4.36. The van der Waals surface area contributed by atoms with Gasteiger partial charge in [-0.25, -0.2) is 0 Å². The van der Waals surface area contributed by atoms with E-state index in [4.69, 9.17) is 5.11 Å². The zero-order chi connectivity index (χ0) is 11.5. The van der Waals surface area contributed by atoms with Crippen LogP contribution >= 0.6 is 0 Å². The van der Waals surface area contributed by atoms with E-state index in [2.05, 4.69) is 11.6 Å². The first-order chi connectivity index (χ1) is 7.72. The molecule has 0 bridgehead atoms. The van der Waals surface area contributed by atoms with E-state index in [9.17, 15) is 4.79 Å². The van der Waals surface area contributed by atoms with E-state index in [1.54, 1.807) is 6.08 Å². The van der Waals surface area contributed by atoms with Crippen LogP contribution in [-0.2, 0) is 11.2 Å². The Bertz CT molecular complexity index is 540. The Morgan fingerprint density at radius 3 is 3.00 bits per heavy atom. The molecule has 3 heteroatoms. The fourth-order valence-electron chi connectivity index (χ4n) is 1.89. The molecule has 0 aliphatic rings. The van der Waals surface area contributed by atoms with Gasteiger partial charge in [-0.1, -0.05) is 24.8 Å². The number of fused-ring (bicyclic) bond motifs is 1. The fourth-order valence-corrected chi connectivity index (χ4v) is 1.89. The minimum Gasteiger partial charge on any atom is -0.481 e. The monoisotopic (exact) mass is 215 g/mol. The summed E-state index contributed by atoms with van der Waals surface area (Å²) in [6, 6.07) is 5.91. The van der Waals surface area contributed by atoms with Crippen LogP contribution in [0.3, 0.4) is 0 Å². The summed E-state index contributed by atoms with van der Waals surface area (Å²) in [5.74, 6) is -0.773. The van der Waals surface area contributed by atoms with Crippen LogP contribution < -0.4 is 0 Å². The van der Waals surface area contributed by atoms with Crippen molar-refractivity contribution in [3.63, 3.8) is 0 Å². The first kappa shape index (κ1) is 10.5. The average molecular weight is 215 g/mol. The molecule has 3 nitrogen and oxygen atoms in total. The second kappa shape index (κ2) is 4.23. The molecule has 0 atom stereocenters. The van der Waals surface area contributed by atoms with Gasteiger partial charge in [-0.15, -0.1) is 0 Å². The van der Waals surface area contributed by atoms with Crippen LogP contribution in [0.4, 0.5) is 0 Å². The predicted molar refractivity (Wildman–Crippen MR) is 64.3 cm³/mol. The van der Waals surface area contributed by atoms with Crippen LogP contribution in [0, 0.1) is 0 Å². The predicted octanol–water partition coefficient (Wildman–Crippen LogP) is 2.83. The maximum absolute atomic E-state index is 10.6. The molecular formula is C13H13NO2. The van der Waals surface area contributed by atoms with Gasteiger partial charge in [-0.2, -0.15) is 0 Å². The molecule has 82 valence electrons. The van der Waals surface area contributed by atoms with Gasteiger partial charge < -0.3 is 10.1 Å². The molecule has 1 aromatic carbocycles. The summed E-state index contributed by atoms with van der Waals surface area (Å²) >= 11 is 0. The topological polar surface area (TPSA) is 53.1 Å². The largest absolute Gasteiger partial charge is 0.481 e. The lowest BCUT2D eigenvalue weighted by Gasteiger charge is -2.00. The minimum atomic E-state index is -0.773. The highest BCUT2D eigenvalue weighted by atomic mass is 16.4. The van der Waals surface area contributed by atoms with Crippen LogP contribution in [0.1, 0.15) is 17.5 Å². The summed E-state index contributed by atoms with van der Waals surface area (Å²) in [4.78, 5) is 13.7. The first-order valence-corrected chi connectivity index (χ1v) is 5.15. The van der Waals surface area contributed by atoms with Gasteiger partial charge in [0.25, 0.3) is 0 Å². The van der Waals surface area contributed by atoms with Gasteiger partial charge in [0.15, 0.2) is 0 Å². The maximum Gasteiger partial charge on any atom is 0.303 e. The number of carboxylic acids is 1. The molecule has 0 aliphatic heterocycles. The third kappa shape index (κ3) is 1.84. The van der Waals surface area contributed by atoms with E-state index in [-0.39, 0.29) is 6.42 Å². The van der Waals surface area contributed by atoms with Crippen molar-refractivity contribution in [2.45, 2.75) is 12.8 Å². The number of aliphatic carboxylic acids is 1. The number of H-pyrrole nitrogens is 1. The lowest BCUT2D eigenvalue weighted by atomic mass is 10.0. The zero-order valence-corrected chi connectivity index (χ0v) is 8.86. The highest BCUT2D eigenvalue weighted by molar-refractivity contribution is 5.91. The molecule has 2 aromatic rings. The Kier molecular flexibility index (Phi) is 2.77. The summed E-state index contributed by atoms with van der Waals surface area (Å²) in [5, 5.41) is 9.76. The normalized spacial score (nSPS) is 10.5. The number of hydrogen-bond acceptors (Lipinski definition) is 1. The van der Waals surface area contributed by atoms with Crippen molar-refractivity contribution >= 4 is 22.9 Å². The van der Waals surface area contributed by atoms with Crippen LogP contribution in [0.25, 0.3) is 17.0 Å². The molecule has 1 heterocycles. The van der Waals surface area contributed by atoms with Crippen molar-refractivity contribution in [3.8, 4) is 0 Å². The first-order valence-electron chi connectivity index (χ1n) is 5.15. The summed E-state index contributed by atoms with van der Waals surface area (Å²) in [6.45, 7) is 3.77. The van der Waals surface area contributed by atoms with Gasteiger partial charge in [-0.3, -0.25) is 4.79 Å². The number of aromatic amines is 1. The molecule has 0 radical (unpaired) electrons. The SMILES string of the molecule is C=Cc1cccc2[nH]cc(CCC(=O)O)c12. The number of aromatic nitrogens is 1. The fraction of sp³-hybridized carbons (Fsp3) is 0.154. The molecule has 0 unspecified atom stereocenters. The van der Waals surface area contributed by atoms with Crippen molar-refractivity contribution in [2.24, 2.45) is 0 Å². The van der Waals surface area contributed by atoms with Crippen molar-refractivity contribution in [3.05, 3.63) is 42.1 Å². The third-order valence-corrected chi connectivity index (χ3v) is 2.65. The van der Waals surface area contributed by atoms with Crippen molar-refractivity contribution in [2.75, 3.05) is 0 Å². The quantitative estimate of drug-likeness (QED) is 0.823. The Balaban J connectivity index is 2.45. The van der Waals surface area contributed by atoms with E-state index in [0.717, 1.165) is 22.0 Å². The number of hydrogen-bond donors (Lipinski definition) is 2. The lowest BCUT2D eigenvalue weighted by Crippen LogP contribution is -1.97. The standard InChI is InChI=1S/C13H13NO2/c1-2-9-4-3-5-11-13(9)10(8-14-11)6-7-12(15)16/h2-5,8,14H,1,6-7H2,(H,15,16). The third-order valence-electron chi connectivity index (χ3n) is 2.65. The van der Waals surface area contributed by atoms with E-state index in [0.29, 0.717) is 6.42 Å². The zero-order valence-electron chi connectivity index (χ0n) is 8.86. The van der Waals surface area contributed by atoms with Gasteiger partial charge in [0.05, 0.1) is 0 Å². The number of carbonyl (C=O) groups is 1. The number of aryl methyl sites for hydroxylation is 1. The molecule has 0 saturated carbocycles. The van der Waals surface area contributed by atoms with Gasteiger partial charge in [0, 0.05) is 23.5 Å². The molecule has 2 N–H and O–H groups in total. The molecule has 1 aromatic heterocycles. The molecule has 2 rings (SSSR count). The number of nitrogens with one attached hydrogen (secondary N) is 1. The Hall–Kier alpha value is -2.03. The van der Waals surface area contributed by atoms with Crippen LogP contribution in [0.15, 0.2) is 31.0 Å². The van der Waals surface area contributed by atoms with Crippen LogP contribution in [0.2, 0.25) is 0 Å². The molecule has 0 fully saturated rings. The second-order valence-corrected chi connectivity index (χ2v) is 3.68. The van der Waals surface area contributed by atoms with Crippen molar-refractivity contribution in [1.82, 2.24) is 4.98 Å². The van der Waals surface area contributed by atoms with Gasteiger partial charge in [0.1, 0.15) is 0 Å². The Labute approximate surface area is 93.4 Å². The van der Waals surface area contributed by atoms with Crippen LogP contribution in [-0.4, -0.2) is 16.1 Å². The van der Waals surface area contributed by atoms with Crippen LogP contribution in [0.5, 0.6) is 0 Å². The van der Waals surface area contributed by atoms with E-state index >= 15 is 0 Å². The number of rotatable bonds is 4. The van der Waals surface area contributed by atoms with Crippen molar-refractivity contribution in [1.29, 1.82) is 0 Å². The highest BCUT2D eigenvalue weighted by Gasteiger charge is 2.08. The van der Waals surface area contributed by atoms with Crippen molar-refractivity contribution < 1.29 is 9.90 Å². The maximum atomic E-state index is 10.6. The lowest BCUT2D eigenvalue weighted by molar-refractivity contribution is -0.136. The number of carboxylic acid groups (broad SMARTS) is 1. The Morgan fingerprint density at radius 2 is 2.31 bits per heavy atom. The molecule has 0 saturated heterocycles. The highest BCUT2D eigenvalue weighted by Crippen LogP contribution is 2.24. The molecule has 0 aliphatic carbocycles. The summed E-state index contributed by atoms with van der Waals surface area (Å²) in [5.41, 5.74) is 3.10. The average Bonchev–Trinajstić information content (AvgIpc) is 2.69. The molecule has 16 heavy (non-hydrogen) atoms. The van der Waals surface area contributed by atoms with Gasteiger partial charge in [0.2, 0.25) is 0 Å². The second-order valence-electron chi connectivity index (χ2n) is 3.68. The van der Waals surface area contributed by atoms with E-state index < -0.39 is 5.97 Å². The summed E-state index contributed by atoms with van der Waals surface area (Å²) in [7, 11) is 0. The minimum absolute atomic E-state index is 0.151. The van der Waals surface area contributed by atoms with Gasteiger partial charge >= 0.3 is 5.97 Å².